The average molecular weight is 222 g/mol. The van der Waals surface area contributed by atoms with E-state index in [0.717, 1.165) is 22.6 Å². The van der Waals surface area contributed by atoms with Gasteiger partial charge in [-0.05, 0) is 32.4 Å². The van der Waals surface area contributed by atoms with Crippen molar-refractivity contribution in [2.24, 2.45) is 5.73 Å². The number of hydrogen-bond acceptors (Lipinski definition) is 3. The summed E-state index contributed by atoms with van der Waals surface area (Å²) in [6, 6.07) is 3.24. The van der Waals surface area contributed by atoms with Gasteiger partial charge in [0, 0.05) is 11.3 Å². The van der Waals surface area contributed by atoms with Crippen LogP contribution in [-0.2, 0) is 4.79 Å². The third-order valence-electron chi connectivity index (χ3n) is 2.48. The van der Waals surface area contributed by atoms with Crippen molar-refractivity contribution in [1.82, 2.24) is 0 Å². The second-order valence-corrected chi connectivity index (χ2v) is 3.87. The number of ether oxygens (including phenoxy) is 1. The number of aryl methyl sites for hydroxylation is 1. The van der Waals surface area contributed by atoms with Crippen molar-refractivity contribution >= 4 is 11.6 Å². The van der Waals surface area contributed by atoms with Gasteiger partial charge in [0.2, 0.25) is 5.91 Å². The van der Waals surface area contributed by atoms with Crippen molar-refractivity contribution in [1.29, 1.82) is 0 Å². The van der Waals surface area contributed by atoms with Crippen LogP contribution >= 0.6 is 0 Å². The normalized spacial score (nSPS) is 12.1. The lowest BCUT2D eigenvalue weighted by Gasteiger charge is -2.14. The van der Waals surface area contributed by atoms with Crippen LogP contribution in [0.2, 0.25) is 0 Å². The summed E-state index contributed by atoms with van der Waals surface area (Å²) in [5.41, 5.74) is 8.19. The monoisotopic (exact) mass is 222 g/mol. The van der Waals surface area contributed by atoms with Gasteiger partial charge in [-0.3, -0.25) is 4.79 Å². The number of benzene rings is 1. The van der Waals surface area contributed by atoms with E-state index in [1.807, 2.05) is 26.0 Å². The van der Waals surface area contributed by atoms with E-state index in [1.165, 1.54) is 0 Å². The fourth-order valence-electron chi connectivity index (χ4n) is 1.52. The summed E-state index contributed by atoms with van der Waals surface area (Å²) in [5.74, 6) is 0.594. The van der Waals surface area contributed by atoms with Crippen molar-refractivity contribution in [2.45, 2.75) is 26.8 Å². The van der Waals surface area contributed by atoms with E-state index in [4.69, 9.17) is 10.5 Å². The lowest BCUT2D eigenvalue weighted by molar-refractivity contribution is -0.117. The van der Waals surface area contributed by atoms with E-state index >= 15 is 0 Å². The van der Waals surface area contributed by atoms with Gasteiger partial charge in [0.25, 0.3) is 0 Å². The van der Waals surface area contributed by atoms with E-state index < -0.39 is 6.04 Å². The van der Waals surface area contributed by atoms with Crippen LogP contribution in [-0.4, -0.2) is 19.1 Å². The van der Waals surface area contributed by atoms with Crippen molar-refractivity contribution in [2.75, 3.05) is 12.4 Å². The lowest BCUT2D eigenvalue weighted by atomic mass is 10.1. The molecule has 0 aliphatic heterocycles. The zero-order valence-corrected chi connectivity index (χ0v) is 10.1. The molecule has 0 heterocycles. The zero-order chi connectivity index (χ0) is 12.3. The molecule has 0 unspecified atom stereocenters. The number of anilines is 1. The first-order chi connectivity index (χ1) is 7.47. The maximum atomic E-state index is 11.5. The van der Waals surface area contributed by atoms with Crippen molar-refractivity contribution in [3.63, 3.8) is 0 Å². The van der Waals surface area contributed by atoms with E-state index in [1.54, 1.807) is 14.0 Å². The first kappa shape index (κ1) is 12.5. The zero-order valence-electron chi connectivity index (χ0n) is 10.1. The lowest BCUT2D eigenvalue weighted by Crippen LogP contribution is -2.32. The molecule has 0 aromatic heterocycles. The van der Waals surface area contributed by atoms with Crippen LogP contribution in [0.15, 0.2) is 12.1 Å². The Morgan fingerprint density at radius 2 is 2.06 bits per heavy atom. The van der Waals surface area contributed by atoms with Crippen LogP contribution in [0.25, 0.3) is 0 Å². The number of carbonyl (C=O) groups is 1. The van der Waals surface area contributed by atoms with E-state index in [9.17, 15) is 4.79 Å². The summed E-state index contributed by atoms with van der Waals surface area (Å²) in [4.78, 5) is 11.5. The van der Waals surface area contributed by atoms with E-state index in [-0.39, 0.29) is 5.91 Å². The van der Waals surface area contributed by atoms with Crippen molar-refractivity contribution in [3.8, 4) is 5.75 Å². The van der Waals surface area contributed by atoms with Gasteiger partial charge in [0.05, 0.1) is 13.2 Å². The van der Waals surface area contributed by atoms with E-state index in [2.05, 4.69) is 5.32 Å². The maximum Gasteiger partial charge on any atom is 0.241 e. The minimum atomic E-state index is -0.522. The smallest absolute Gasteiger partial charge is 0.241 e. The quantitative estimate of drug-likeness (QED) is 0.816. The average Bonchev–Trinajstić information content (AvgIpc) is 2.22. The summed E-state index contributed by atoms with van der Waals surface area (Å²) in [7, 11) is 1.62. The molecule has 3 N–H and O–H groups in total. The highest BCUT2D eigenvalue weighted by Crippen LogP contribution is 2.29. The van der Waals surface area contributed by atoms with Crippen LogP contribution in [0.5, 0.6) is 5.75 Å². The largest absolute Gasteiger partial charge is 0.496 e. The second kappa shape index (κ2) is 4.99. The summed E-state index contributed by atoms with van der Waals surface area (Å²) in [6.07, 6.45) is 0. The van der Waals surface area contributed by atoms with Gasteiger partial charge in [0.1, 0.15) is 5.75 Å². The molecule has 4 nitrogen and oxygen atoms in total. The fraction of sp³-hybridized carbons (Fsp3) is 0.417. The molecule has 0 fully saturated rings. The summed E-state index contributed by atoms with van der Waals surface area (Å²) < 4.78 is 5.28. The van der Waals surface area contributed by atoms with Gasteiger partial charge in [-0.2, -0.15) is 0 Å². The molecule has 1 amide bonds. The van der Waals surface area contributed by atoms with Gasteiger partial charge in [0.15, 0.2) is 0 Å². The Kier molecular flexibility index (Phi) is 3.90. The van der Waals surface area contributed by atoms with Crippen LogP contribution in [0.1, 0.15) is 18.1 Å². The molecule has 0 saturated carbocycles. The predicted molar refractivity (Wildman–Crippen MR) is 64.7 cm³/mol. The van der Waals surface area contributed by atoms with Gasteiger partial charge < -0.3 is 15.8 Å². The topological polar surface area (TPSA) is 64.3 Å². The number of amides is 1. The molecule has 1 rings (SSSR count). The molecule has 16 heavy (non-hydrogen) atoms. The van der Waals surface area contributed by atoms with Gasteiger partial charge in [-0.15, -0.1) is 0 Å². The van der Waals surface area contributed by atoms with Crippen LogP contribution in [0.3, 0.4) is 0 Å². The molecule has 0 spiro atoms. The van der Waals surface area contributed by atoms with Gasteiger partial charge in [-0.25, -0.2) is 0 Å². The third kappa shape index (κ3) is 2.52. The van der Waals surface area contributed by atoms with Gasteiger partial charge >= 0.3 is 0 Å². The number of nitrogens with two attached hydrogens (primary N) is 1. The number of rotatable bonds is 3. The molecular weight excluding hydrogens is 204 g/mol. The Morgan fingerprint density at radius 1 is 1.44 bits per heavy atom. The Labute approximate surface area is 95.8 Å². The molecule has 1 atom stereocenters. The summed E-state index contributed by atoms with van der Waals surface area (Å²) >= 11 is 0. The molecule has 1 aromatic rings. The second-order valence-electron chi connectivity index (χ2n) is 3.87. The molecular formula is C12H18N2O2. The highest BCUT2D eigenvalue weighted by atomic mass is 16.5. The fourth-order valence-corrected chi connectivity index (χ4v) is 1.52. The molecule has 0 saturated heterocycles. The molecule has 88 valence electrons. The first-order valence-electron chi connectivity index (χ1n) is 5.18. The highest BCUT2D eigenvalue weighted by Gasteiger charge is 2.12. The number of carbonyl (C=O) groups excluding carboxylic acids is 1. The molecule has 0 radical (unpaired) electrons. The Morgan fingerprint density at radius 3 is 2.56 bits per heavy atom. The molecule has 4 heteroatoms. The number of methoxy groups -OCH3 is 1. The number of nitrogens with one attached hydrogen (secondary N) is 1. The SMILES string of the molecule is COc1c(C)ccc(NC(=O)[C@@H](C)N)c1C. The standard InChI is InChI=1S/C12H18N2O2/c1-7-5-6-10(8(2)11(7)16-4)14-12(15)9(3)13/h5-6,9H,13H2,1-4H3,(H,14,15)/t9-/m1/s1. The van der Waals surface area contributed by atoms with Gasteiger partial charge in [-0.1, -0.05) is 6.07 Å². The first-order valence-corrected chi connectivity index (χ1v) is 5.18. The molecule has 0 bridgehead atoms. The minimum Gasteiger partial charge on any atom is -0.496 e. The Hall–Kier alpha value is -1.55. The maximum absolute atomic E-state index is 11.5. The highest BCUT2D eigenvalue weighted by molar-refractivity contribution is 5.95. The summed E-state index contributed by atoms with van der Waals surface area (Å²) in [6.45, 7) is 5.52. The predicted octanol–water partition coefficient (Wildman–Crippen LogP) is 1.60. The Bertz CT molecular complexity index is 400. The van der Waals surface area contributed by atoms with Crippen LogP contribution in [0, 0.1) is 13.8 Å². The molecule has 0 aliphatic rings. The number of hydrogen-bond donors (Lipinski definition) is 2. The molecule has 0 aliphatic carbocycles. The Balaban J connectivity index is 3.03. The van der Waals surface area contributed by atoms with Crippen LogP contribution in [0.4, 0.5) is 5.69 Å². The van der Waals surface area contributed by atoms with Crippen molar-refractivity contribution < 1.29 is 9.53 Å². The summed E-state index contributed by atoms with van der Waals surface area (Å²) in [5, 5.41) is 2.77. The van der Waals surface area contributed by atoms with Crippen LogP contribution < -0.4 is 15.8 Å². The van der Waals surface area contributed by atoms with E-state index in [0.29, 0.717) is 0 Å². The third-order valence-corrected chi connectivity index (χ3v) is 2.48. The minimum absolute atomic E-state index is 0.200. The van der Waals surface area contributed by atoms with Crippen molar-refractivity contribution in [3.05, 3.63) is 23.3 Å². The molecule has 1 aromatic carbocycles.